The Balaban J connectivity index is 2.50. The fourth-order valence-corrected chi connectivity index (χ4v) is 3.20. The van der Waals surface area contributed by atoms with Crippen LogP contribution in [0.3, 0.4) is 0 Å². The third-order valence-electron chi connectivity index (χ3n) is 3.36. The first kappa shape index (κ1) is 18.6. The minimum atomic E-state index is -3.73. The van der Waals surface area contributed by atoms with E-state index in [9.17, 15) is 13.2 Å². The van der Waals surface area contributed by atoms with Crippen LogP contribution in [0.15, 0.2) is 29.2 Å². The lowest BCUT2D eigenvalue weighted by Crippen LogP contribution is -2.16. The lowest BCUT2D eigenvalue weighted by atomic mass is 9.95. The second-order valence-electron chi connectivity index (χ2n) is 5.78. The normalized spacial score (nSPS) is 14.4. The third kappa shape index (κ3) is 6.15. The maximum atomic E-state index is 12.1. The minimum Gasteiger partial charge on any atom is -0.469 e. The van der Waals surface area contributed by atoms with E-state index in [4.69, 9.17) is 4.18 Å². The van der Waals surface area contributed by atoms with Gasteiger partial charge >= 0.3 is 5.97 Å². The Morgan fingerprint density at radius 2 is 1.73 bits per heavy atom. The minimum absolute atomic E-state index is 0.0277. The Bertz CT molecular complexity index is 577. The number of aryl methyl sites for hydroxylation is 1. The summed E-state index contributed by atoms with van der Waals surface area (Å²) in [4.78, 5) is 11.3. The van der Waals surface area contributed by atoms with Crippen molar-refractivity contribution in [1.29, 1.82) is 0 Å². The van der Waals surface area contributed by atoms with Gasteiger partial charge in [0.05, 0.1) is 18.6 Å². The molecule has 0 heterocycles. The molecule has 0 spiro atoms. The Kier molecular flexibility index (Phi) is 7.03. The summed E-state index contributed by atoms with van der Waals surface area (Å²) in [6.45, 7) is 5.82. The molecule has 0 aliphatic carbocycles. The number of hydrogen-bond donors (Lipinski definition) is 0. The fourth-order valence-electron chi connectivity index (χ4n) is 2.18. The molecular weight excluding hydrogens is 304 g/mol. The summed E-state index contributed by atoms with van der Waals surface area (Å²) >= 11 is 0. The van der Waals surface area contributed by atoms with Gasteiger partial charge in [-0.1, -0.05) is 31.5 Å². The first-order valence-electron chi connectivity index (χ1n) is 7.27. The van der Waals surface area contributed by atoms with Gasteiger partial charge < -0.3 is 4.74 Å². The zero-order chi connectivity index (χ0) is 16.8. The molecule has 0 fully saturated rings. The SMILES string of the molecule is COC(=O)CC(C)CC(C)COS(=O)(=O)c1ccc(C)cc1. The molecule has 0 aliphatic rings. The van der Waals surface area contributed by atoms with Crippen molar-refractivity contribution in [3.63, 3.8) is 0 Å². The van der Waals surface area contributed by atoms with Crippen LogP contribution < -0.4 is 0 Å². The largest absolute Gasteiger partial charge is 0.469 e. The average Bonchev–Trinajstić information content (AvgIpc) is 2.45. The molecule has 2 unspecified atom stereocenters. The van der Waals surface area contributed by atoms with Gasteiger partial charge in [0.1, 0.15) is 0 Å². The number of carbonyl (C=O) groups is 1. The van der Waals surface area contributed by atoms with Crippen molar-refractivity contribution in [1.82, 2.24) is 0 Å². The molecule has 6 heteroatoms. The molecule has 2 atom stereocenters. The van der Waals surface area contributed by atoms with Gasteiger partial charge in [0.25, 0.3) is 10.1 Å². The molecule has 0 N–H and O–H groups in total. The predicted molar refractivity (Wildman–Crippen MR) is 83.9 cm³/mol. The quantitative estimate of drug-likeness (QED) is 0.542. The van der Waals surface area contributed by atoms with E-state index in [1.165, 1.54) is 19.2 Å². The van der Waals surface area contributed by atoms with Gasteiger partial charge in [-0.3, -0.25) is 8.98 Å². The van der Waals surface area contributed by atoms with Gasteiger partial charge in [-0.15, -0.1) is 0 Å². The van der Waals surface area contributed by atoms with E-state index in [0.29, 0.717) is 12.8 Å². The smallest absolute Gasteiger partial charge is 0.305 e. The highest BCUT2D eigenvalue weighted by molar-refractivity contribution is 7.86. The van der Waals surface area contributed by atoms with Crippen LogP contribution in [0, 0.1) is 18.8 Å². The third-order valence-corrected chi connectivity index (χ3v) is 4.66. The second-order valence-corrected chi connectivity index (χ2v) is 7.39. The summed E-state index contributed by atoms with van der Waals surface area (Å²) in [6.07, 6.45) is 1.02. The molecule has 0 saturated heterocycles. The van der Waals surface area contributed by atoms with Crippen LogP contribution in [0.1, 0.15) is 32.3 Å². The first-order chi connectivity index (χ1) is 10.2. The maximum absolute atomic E-state index is 12.1. The molecule has 22 heavy (non-hydrogen) atoms. The number of benzene rings is 1. The summed E-state index contributed by atoms with van der Waals surface area (Å²) in [5, 5.41) is 0. The molecule has 1 aromatic carbocycles. The Morgan fingerprint density at radius 1 is 1.14 bits per heavy atom. The van der Waals surface area contributed by atoms with Crippen LogP contribution in [-0.4, -0.2) is 28.1 Å². The highest BCUT2D eigenvalue weighted by Crippen LogP contribution is 2.19. The topological polar surface area (TPSA) is 69.7 Å². The van der Waals surface area contributed by atoms with Gasteiger partial charge in [-0.2, -0.15) is 8.42 Å². The first-order valence-corrected chi connectivity index (χ1v) is 8.68. The van der Waals surface area contributed by atoms with Gasteiger partial charge in [-0.05, 0) is 37.3 Å². The van der Waals surface area contributed by atoms with E-state index in [-0.39, 0.29) is 29.3 Å². The van der Waals surface area contributed by atoms with Gasteiger partial charge in [0.2, 0.25) is 0 Å². The Morgan fingerprint density at radius 3 is 2.27 bits per heavy atom. The lowest BCUT2D eigenvalue weighted by molar-refractivity contribution is -0.141. The highest BCUT2D eigenvalue weighted by atomic mass is 32.2. The van der Waals surface area contributed by atoms with E-state index in [2.05, 4.69) is 4.74 Å². The van der Waals surface area contributed by atoms with Gasteiger partial charge in [-0.25, -0.2) is 0 Å². The molecule has 0 bridgehead atoms. The highest BCUT2D eigenvalue weighted by Gasteiger charge is 2.18. The second kappa shape index (κ2) is 8.29. The van der Waals surface area contributed by atoms with Crippen molar-refractivity contribution < 1.29 is 22.1 Å². The van der Waals surface area contributed by atoms with Crippen molar-refractivity contribution in [2.45, 2.75) is 38.5 Å². The molecule has 1 aromatic rings. The van der Waals surface area contributed by atoms with Crippen molar-refractivity contribution >= 4 is 16.1 Å². The molecule has 0 saturated carbocycles. The van der Waals surface area contributed by atoms with Crippen molar-refractivity contribution in [3.8, 4) is 0 Å². The standard InChI is InChI=1S/C16H24O5S/c1-12-5-7-15(8-6-12)22(18,19)21-11-14(3)9-13(2)10-16(17)20-4/h5-8,13-14H,9-11H2,1-4H3. The van der Waals surface area contributed by atoms with Crippen LogP contribution in [0.25, 0.3) is 0 Å². The molecule has 0 amide bonds. The van der Waals surface area contributed by atoms with E-state index < -0.39 is 10.1 Å². The average molecular weight is 328 g/mol. The zero-order valence-electron chi connectivity index (χ0n) is 13.5. The van der Waals surface area contributed by atoms with E-state index in [1.54, 1.807) is 12.1 Å². The summed E-state index contributed by atoms with van der Waals surface area (Å²) in [5.41, 5.74) is 0.990. The van der Waals surface area contributed by atoms with Crippen molar-refractivity contribution in [2.24, 2.45) is 11.8 Å². The van der Waals surface area contributed by atoms with E-state index >= 15 is 0 Å². The summed E-state index contributed by atoms with van der Waals surface area (Å²) in [5.74, 6) is -0.110. The number of methoxy groups -OCH3 is 1. The zero-order valence-corrected chi connectivity index (χ0v) is 14.4. The van der Waals surface area contributed by atoms with Gasteiger partial charge in [0, 0.05) is 6.42 Å². The number of rotatable bonds is 8. The van der Waals surface area contributed by atoms with Crippen LogP contribution >= 0.6 is 0 Å². The van der Waals surface area contributed by atoms with Crippen LogP contribution in [0.4, 0.5) is 0 Å². The van der Waals surface area contributed by atoms with Crippen LogP contribution in [0.5, 0.6) is 0 Å². The molecule has 0 aromatic heterocycles. The number of carbonyl (C=O) groups excluding carboxylic acids is 1. The number of ether oxygens (including phenoxy) is 1. The predicted octanol–water partition coefficient (Wildman–Crippen LogP) is 2.93. The van der Waals surface area contributed by atoms with E-state index in [1.807, 2.05) is 20.8 Å². The molecular formula is C16H24O5S. The molecule has 0 radical (unpaired) electrons. The lowest BCUT2D eigenvalue weighted by Gasteiger charge is -2.16. The molecule has 0 aliphatic heterocycles. The Hall–Kier alpha value is -1.40. The van der Waals surface area contributed by atoms with Crippen molar-refractivity contribution in [3.05, 3.63) is 29.8 Å². The van der Waals surface area contributed by atoms with Crippen LogP contribution in [0.2, 0.25) is 0 Å². The summed E-state index contributed by atoms with van der Waals surface area (Å²) < 4.78 is 33.8. The molecule has 124 valence electrons. The molecule has 1 rings (SSSR count). The monoisotopic (exact) mass is 328 g/mol. The van der Waals surface area contributed by atoms with E-state index in [0.717, 1.165) is 5.56 Å². The van der Waals surface area contributed by atoms with Crippen molar-refractivity contribution in [2.75, 3.05) is 13.7 Å². The molecule has 5 nitrogen and oxygen atoms in total. The summed E-state index contributed by atoms with van der Waals surface area (Å²) in [6, 6.07) is 6.54. The fraction of sp³-hybridized carbons (Fsp3) is 0.562. The Labute approximate surface area is 132 Å². The van der Waals surface area contributed by atoms with Crippen LogP contribution in [-0.2, 0) is 23.8 Å². The van der Waals surface area contributed by atoms with Gasteiger partial charge in [0.15, 0.2) is 0 Å². The number of esters is 1. The maximum Gasteiger partial charge on any atom is 0.305 e. The number of hydrogen-bond acceptors (Lipinski definition) is 5. The summed E-state index contributed by atoms with van der Waals surface area (Å²) in [7, 11) is -2.37.